The summed E-state index contributed by atoms with van der Waals surface area (Å²) in [5.41, 5.74) is 19.4. The largest absolute Gasteiger partial charge is 0.433 e. The highest BCUT2D eigenvalue weighted by molar-refractivity contribution is 6.94. The number of anilines is 9. The van der Waals surface area contributed by atoms with Crippen molar-refractivity contribution in [1.29, 1.82) is 0 Å². The molecule has 73 heavy (non-hydrogen) atoms. The minimum Gasteiger partial charge on any atom is -0.433 e. The van der Waals surface area contributed by atoms with Gasteiger partial charge in [0.1, 0.15) is 0 Å². The molecule has 0 aliphatic rings. The molecule has 0 atom stereocenters. The Kier molecular flexibility index (Phi) is 14.8. The molecule has 0 amide bonds. The lowest BCUT2D eigenvalue weighted by Crippen LogP contribution is -2.61. The molecule has 0 aromatic heterocycles. The maximum absolute atomic E-state index is 7.25. The Labute approximate surface area is 438 Å². The second-order valence-electron chi connectivity index (χ2n) is 21.4. The molecule has 9 aromatic carbocycles. The lowest BCUT2D eigenvalue weighted by atomic mass is 10.0. The van der Waals surface area contributed by atoms with Gasteiger partial charge >= 0.3 is 8.56 Å². The van der Waals surface area contributed by atoms with Crippen LogP contribution in [0.2, 0.25) is 45.8 Å². The summed E-state index contributed by atoms with van der Waals surface area (Å²) >= 11 is 0. The van der Waals surface area contributed by atoms with Crippen molar-refractivity contribution in [2.45, 2.75) is 73.5 Å². The average Bonchev–Trinajstić information content (AvgIpc) is 3.36. The molecule has 0 bridgehead atoms. The van der Waals surface area contributed by atoms with E-state index >= 15 is 0 Å². The molecule has 8 heteroatoms. The van der Waals surface area contributed by atoms with E-state index in [1.807, 2.05) is 0 Å². The van der Waals surface area contributed by atoms with Crippen LogP contribution in [0.1, 0.15) is 22.3 Å². The van der Waals surface area contributed by atoms with E-state index in [9.17, 15) is 0 Å². The van der Waals surface area contributed by atoms with Gasteiger partial charge in [-0.1, -0.05) is 138 Å². The zero-order valence-corrected chi connectivity index (χ0v) is 47.4. The van der Waals surface area contributed by atoms with Crippen LogP contribution in [-0.4, -0.2) is 25.2 Å². The van der Waals surface area contributed by atoms with Gasteiger partial charge in [-0.05, 0) is 199 Å². The van der Waals surface area contributed by atoms with Crippen molar-refractivity contribution in [3.63, 3.8) is 0 Å². The number of rotatable bonds is 16. The summed E-state index contributed by atoms with van der Waals surface area (Å²) in [6.45, 7) is 24.4. The zero-order valence-electron chi connectivity index (χ0n) is 44.4. The van der Waals surface area contributed by atoms with E-state index in [2.05, 4.69) is 307 Å². The van der Waals surface area contributed by atoms with Crippen molar-refractivity contribution in [2.24, 2.45) is 0 Å². The molecule has 9 rings (SSSR count). The van der Waals surface area contributed by atoms with Crippen molar-refractivity contribution in [1.82, 2.24) is 0 Å². The van der Waals surface area contributed by atoms with Crippen molar-refractivity contribution in [3.8, 4) is 22.3 Å². The van der Waals surface area contributed by atoms with Crippen molar-refractivity contribution >= 4 is 81.6 Å². The third-order valence-corrected chi connectivity index (χ3v) is 22.4. The minimum absolute atomic E-state index is 1.06. The average molecular weight is 1010 g/mol. The summed E-state index contributed by atoms with van der Waals surface area (Å²) in [5, 5.41) is 1.14. The zero-order chi connectivity index (χ0) is 51.5. The summed E-state index contributed by atoms with van der Waals surface area (Å²) in [6.07, 6.45) is 0. The molecule has 9 aromatic rings. The van der Waals surface area contributed by atoms with Crippen LogP contribution in [0.5, 0.6) is 0 Å². The molecule has 0 saturated heterocycles. The summed E-state index contributed by atoms with van der Waals surface area (Å²) in [5.74, 6) is 0. The van der Waals surface area contributed by atoms with Gasteiger partial charge in [-0.15, -0.1) is 0 Å². The van der Waals surface area contributed by atoms with E-state index in [1.54, 1.807) is 0 Å². The van der Waals surface area contributed by atoms with Crippen LogP contribution in [-0.2, 0) is 8.23 Å². The maximum Gasteiger partial charge on any atom is 0.350 e. The fraction of sp³-hybridized carbons (Fsp3) is 0.169. The quantitative estimate of drug-likeness (QED) is 0.0900. The monoisotopic (exact) mass is 1010 g/mol. The standard InChI is InChI=1S/C65H69N3O2Si3/c1-48-16-32-56(33-17-48)66(57-34-18-49(2)19-35-57)60-40-24-52(25-41-60)54-28-44-62(45-29-54)68(64-14-12-13-15-65(64)73(11,69-71(5,6)7)70-72(8,9)10)63-46-30-55(31-47-63)53-26-42-61(43-27-53)67(58-36-20-50(3)21-37-58)59-38-22-51(4)23-39-59/h12-47H,1-11H3. The van der Waals surface area contributed by atoms with E-state index in [4.69, 9.17) is 8.23 Å². The molecule has 0 aliphatic carbocycles. The van der Waals surface area contributed by atoms with E-state index in [-0.39, 0.29) is 0 Å². The highest BCUT2D eigenvalue weighted by atomic mass is 28.5. The summed E-state index contributed by atoms with van der Waals surface area (Å²) in [4.78, 5) is 7.04. The number of benzene rings is 9. The molecular formula is C65H69N3O2Si3. The second kappa shape index (κ2) is 21.2. The topological polar surface area (TPSA) is 28.2 Å². The van der Waals surface area contributed by atoms with Gasteiger partial charge in [-0.25, -0.2) is 0 Å². The number of para-hydroxylation sites is 1. The lowest BCUT2D eigenvalue weighted by Gasteiger charge is -2.41. The van der Waals surface area contributed by atoms with Crippen molar-refractivity contribution < 1.29 is 8.23 Å². The third kappa shape index (κ3) is 12.1. The minimum atomic E-state index is -2.96. The predicted molar refractivity (Wildman–Crippen MR) is 320 cm³/mol. The van der Waals surface area contributed by atoms with Crippen LogP contribution in [0.15, 0.2) is 218 Å². The first kappa shape index (κ1) is 50.9. The molecule has 0 fully saturated rings. The predicted octanol–water partition coefficient (Wildman–Crippen LogP) is 18.6. The molecule has 0 heterocycles. The number of aryl methyl sites for hydroxylation is 4. The van der Waals surface area contributed by atoms with E-state index in [0.717, 1.165) is 78.6 Å². The highest BCUT2D eigenvalue weighted by Crippen LogP contribution is 2.41. The first-order valence-corrected chi connectivity index (χ1v) is 34.6. The van der Waals surface area contributed by atoms with Crippen LogP contribution in [0.3, 0.4) is 0 Å². The van der Waals surface area contributed by atoms with Gasteiger partial charge in [0.25, 0.3) is 0 Å². The van der Waals surface area contributed by atoms with Gasteiger partial charge < -0.3 is 22.9 Å². The lowest BCUT2D eigenvalue weighted by molar-refractivity contribution is 0.405. The van der Waals surface area contributed by atoms with Gasteiger partial charge in [0.2, 0.25) is 0 Å². The molecule has 0 saturated carbocycles. The van der Waals surface area contributed by atoms with Crippen LogP contribution in [0, 0.1) is 27.7 Å². The van der Waals surface area contributed by atoms with Crippen LogP contribution < -0.4 is 19.9 Å². The number of hydrogen-bond acceptors (Lipinski definition) is 5. The Balaban J connectivity index is 1.08. The smallest absolute Gasteiger partial charge is 0.350 e. The molecule has 0 N–H and O–H groups in total. The van der Waals surface area contributed by atoms with Gasteiger partial charge in [0.05, 0.1) is 5.69 Å². The first-order chi connectivity index (χ1) is 34.9. The Bertz CT molecular complexity index is 2970. The first-order valence-electron chi connectivity index (χ1n) is 25.5. The SMILES string of the molecule is Cc1ccc(N(c2ccc(C)cc2)c2ccc(-c3ccc(N(c4ccc(-c5ccc(N(c6ccc(C)cc6)c6ccc(C)cc6)cc5)cc4)c4ccccc4[Si](C)(O[Si](C)(C)C)O[Si](C)(C)C)cc3)cc2)cc1. The highest BCUT2D eigenvalue weighted by Gasteiger charge is 2.44. The van der Waals surface area contributed by atoms with Gasteiger partial charge in [-0.2, -0.15) is 0 Å². The maximum atomic E-state index is 7.25. The molecular weight excluding hydrogens is 939 g/mol. The molecule has 5 nitrogen and oxygen atoms in total. The van der Waals surface area contributed by atoms with Gasteiger partial charge in [0, 0.05) is 50.7 Å². The van der Waals surface area contributed by atoms with E-state index < -0.39 is 25.2 Å². The van der Waals surface area contributed by atoms with Crippen LogP contribution >= 0.6 is 0 Å². The van der Waals surface area contributed by atoms with Gasteiger partial charge in [-0.3, -0.25) is 0 Å². The Morgan fingerprint density at radius 1 is 0.260 bits per heavy atom. The van der Waals surface area contributed by atoms with Crippen LogP contribution in [0.4, 0.5) is 51.2 Å². The summed E-state index contributed by atoms with van der Waals surface area (Å²) in [6, 6.07) is 79.6. The van der Waals surface area contributed by atoms with Gasteiger partial charge in [0.15, 0.2) is 16.6 Å². The number of hydrogen-bond donors (Lipinski definition) is 0. The summed E-state index contributed by atoms with van der Waals surface area (Å²) < 4.78 is 14.5. The van der Waals surface area contributed by atoms with E-state index in [1.165, 1.54) is 22.3 Å². The molecule has 0 aliphatic heterocycles. The van der Waals surface area contributed by atoms with Crippen molar-refractivity contribution in [3.05, 3.63) is 241 Å². The fourth-order valence-corrected chi connectivity index (χ4v) is 21.5. The molecule has 0 spiro atoms. The Morgan fingerprint density at radius 2 is 0.479 bits per heavy atom. The molecule has 368 valence electrons. The van der Waals surface area contributed by atoms with E-state index in [0.29, 0.717) is 0 Å². The van der Waals surface area contributed by atoms with Crippen molar-refractivity contribution in [2.75, 3.05) is 14.7 Å². The Hall–Kier alpha value is -7.05. The second-order valence-corrected chi connectivity index (χ2v) is 33.9. The fourth-order valence-electron chi connectivity index (χ4n) is 9.66. The van der Waals surface area contributed by atoms with Crippen LogP contribution in [0.25, 0.3) is 22.3 Å². The molecule has 0 radical (unpaired) electrons. The number of nitrogens with zero attached hydrogens (tertiary/aromatic N) is 3. The molecule has 0 unspecified atom stereocenters. The normalized spacial score (nSPS) is 11.9. The third-order valence-electron chi connectivity index (χ3n) is 13.0. The summed E-state index contributed by atoms with van der Waals surface area (Å²) in [7, 11) is -7.08. The Morgan fingerprint density at radius 3 is 0.726 bits per heavy atom.